The smallest absolute Gasteiger partial charge is 0.261 e. The van der Waals surface area contributed by atoms with E-state index in [1.165, 1.54) is 0 Å². The Balaban J connectivity index is 1.63. The maximum Gasteiger partial charge on any atom is 0.261 e. The van der Waals surface area contributed by atoms with Crippen LogP contribution in [0.25, 0.3) is 0 Å². The summed E-state index contributed by atoms with van der Waals surface area (Å²) in [5.74, 6) is 0.450. The number of amides is 2. The van der Waals surface area contributed by atoms with Crippen LogP contribution in [-0.4, -0.2) is 35.4 Å². The second-order valence-electron chi connectivity index (χ2n) is 10.6. The van der Waals surface area contributed by atoms with Crippen LogP contribution in [0.2, 0.25) is 10.0 Å². The van der Waals surface area contributed by atoms with E-state index >= 15 is 0 Å². The average Bonchev–Trinajstić information content (AvgIpc) is 3.44. The van der Waals surface area contributed by atoms with Crippen LogP contribution in [0.3, 0.4) is 0 Å². The molecular formula is C32H35BrCl2N2O3. The lowest BCUT2D eigenvalue weighted by Gasteiger charge is -2.32. The number of nitrogens with one attached hydrogen (secondary N) is 1. The Hall–Kier alpha value is -2.54. The first-order chi connectivity index (χ1) is 19.2. The number of hydrogen-bond acceptors (Lipinski definition) is 3. The quantitative estimate of drug-likeness (QED) is 0.230. The van der Waals surface area contributed by atoms with Gasteiger partial charge in [0.15, 0.2) is 6.61 Å². The van der Waals surface area contributed by atoms with Gasteiger partial charge in [-0.05, 0) is 75.6 Å². The van der Waals surface area contributed by atoms with Gasteiger partial charge in [0, 0.05) is 29.1 Å². The van der Waals surface area contributed by atoms with Crippen LogP contribution in [-0.2, 0) is 22.6 Å². The van der Waals surface area contributed by atoms with E-state index in [2.05, 4.69) is 35.1 Å². The monoisotopic (exact) mass is 644 g/mol. The summed E-state index contributed by atoms with van der Waals surface area (Å²) < 4.78 is 6.77. The average molecular weight is 646 g/mol. The molecule has 0 spiro atoms. The molecule has 1 saturated carbocycles. The number of nitrogens with zero attached hydrogens (tertiary/aromatic N) is 1. The summed E-state index contributed by atoms with van der Waals surface area (Å²) in [4.78, 5) is 29.3. The molecule has 0 aliphatic heterocycles. The van der Waals surface area contributed by atoms with E-state index in [4.69, 9.17) is 27.9 Å². The summed E-state index contributed by atoms with van der Waals surface area (Å²) in [6.07, 6.45) is 4.45. The summed E-state index contributed by atoms with van der Waals surface area (Å²) in [5.41, 5.74) is 2.83. The lowest BCUT2D eigenvalue weighted by atomic mass is 10.0. The molecule has 4 rings (SSSR count). The normalized spacial score (nSPS) is 14.2. The molecule has 3 aromatic carbocycles. The van der Waals surface area contributed by atoms with E-state index in [1.807, 2.05) is 48.5 Å². The fourth-order valence-corrected chi connectivity index (χ4v) is 5.95. The third kappa shape index (κ3) is 8.25. The van der Waals surface area contributed by atoms with Gasteiger partial charge in [-0.25, -0.2) is 0 Å². The molecule has 1 N–H and O–H groups in total. The van der Waals surface area contributed by atoms with Crippen LogP contribution in [0.4, 0.5) is 0 Å². The predicted octanol–water partition coefficient (Wildman–Crippen LogP) is 7.96. The highest BCUT2D eigenvalue weighted by atomic mass is 79.9. The Bertz CT molecular complexity index is 1310. The lowest BCUT2D eigenvalue weighted by molar-refractivity contribution is -0.143. The van der Waals surface area contributed by atoms with Crippen molar-refractivity contribution < 1.29 is 14.3 Å². The number of carbonyl (C=O) groups is 2. The molecular weight excluding hydrogens is 611 g/mol. The van der Waals surface area contributed by atoms with Crippen molar-refractivity contribution in [2.75, 3.05) is 6.61 Å². The van der Waals surface area contributed by atoms with Crippen molar-refractivity contribution in [1.82, 2.24) is 10.2 Å². The van der Waals surface area contributed by atoms with Crippen LogP contribution in [0.1, 0.15) is 62.1 Å². The SMILES string of the molecule is CC(C)c1ccc(OCC(=O)N(Cc2ccc(Cl)cc2Cl)[C@@H](Cc2ccccc2)C(=O)NC2CCCC2)c(Br)c1. The van der Waals surface area contributed by atoms with Gasteiger partial charge in [0.05, 0.1) is 4.47 Å². The van der Waals surface area contributed by atoms with Crippen molar-refractivity contribution in [2.24, 2.45) is 0 Å². The fraction of sp³-hybridized carbons (Fsp3) is 0.375. The van der Waals surface area contributed by atoms with Gasteiger partial charge in [-0.1, -0.05) is 92.4 Å². The molecule has 40 heavy (non-hydrogen) atoms. The van der Waals surface area contributed by atoms with E-state index in [1.54, 1.807) is 23.1 Å². The van der Waals surface area contributed by atoms with E-state index in [0.717, 1.165) is 41.3 Å². The molecule has 2 amide bonds. The lowest BCUT2D eigenvalue weighted by Crippen LogP contribution is -2.53. The number of hydrogen-bond donors (Lipinski definition) is 1. The minimum atomic E-state index is -0.752. The first-order valence-electron chi connectivity index (χ1n) is 13.7. The van der Waals surface area contributed by atoms with Crippen molar-refractivity contribution in [3.63, 3.8) is 0 Å². The zero-order chi connectivity index (χ0) is 28.6. The Labute approximate surface area is 255 Å². The Kier molecular flexibility index (Phi) is 10.9. The zero-order valence-corrected chi connectivity index (χ0v) is 25.9. The number of ether oxygens (including phenoxy) is 1. The van der Waals surface area contributed by atoms with Crippen LogP contribution in [0.15, 0.2) is 71.2 Å². The fourth-order valence-electron chi connectivity index (χ4n) is 4.97. The molecule has 1 aliphatic rings. The summed E-state index contributed by atoms with van der Waals surface area (Å²) in [6.45, 7) is 4.15. The standard InChI is InChI=1S/C32H35BrCl2N2O3/c1-21(2)23-13-15-30(27(33)17-23)40-20-31(38)37(19-24-12-14-25(34)18-28(24)35)29(16-22-8-4-3-5-9-22)32(39)36-26-10-6-7-11-26/h3-5,8-9,12-15,17-18,21,26,29H,6-7,10-11,16,19-20H2,1-2H3,(H,36,39)/t29-/m0/s1. The van der Waals surface area contributed by atoms with Crippen LogP contribution >= 0.6 is 39.1 Å². The minimum Gasteiger partial charge on any atom is -0.483 e. The van der Waals surface area contributed by atoms with E-state index in [9.17, 15) is 9.59 Å². The van der Waals surface area contributed by atoms with Crippen molar-refractivity contribution in [2.45, 2.75) is 70.5 Å². The van der Waals surface area contributed by atoms with E-state index < -0.39 is 6.04 Å². The Morgan fingerprint density at radius 3 is 2.40 bits per heavy atom. The molecule has 0 heterocycles. The van der Waals surface area contributed by atoms with Crippen LogP contribution < -0.4 is 10.1 Å². The highest BCUT2D eigenvalue weighted by molar-refractivity contribution is 9.10. The first kappa shape index (κ1) is 30.4. The third-order valence-electron chi connectivity index (χ3n) is 7.30. The first-order valence-corrected chi connectivity index (χ1v) is 15.3. The third-order valence-corrected chi connectivity index (χ3v) is 8.51. The molecule has 212 valence electrons. The van der Waals surface area contributed by atoms with Gasteiger partial charge in [0.25, 0.3) is 5.91 Å². The largest absolute Gasteiger partial charge is 0.483 e. The van der Waals surface area contributed by atoms with Crippen molar-refractivity contribution in [3.8, 4) is 5.75 Å². The van der Waals surface area contributed by atoms with Crippen LogP contribution in [0, 0.1) is 0 Å². The Morgan fingerprint density at radius 2 is 1.75 bits per heavy atom. The maximum absolute atomic E-state index is 13.9. The number of carbonyl (C=O) groups excluding carboxylic acids is 2. The zero-order valence-electron chi connectivity index (χ0n) is 22.8. The van der Waals surface area contributed by atoms with Gasteiger partial charge in [-0.15, -0.1) is 0 Å². The maximum atomic E-state index is 13.9. The van der Waals surface area contributed by atoms with Gasteiger partial charge in [-0.3, -0.25) is 9.59 Å². The summed E-state index contributed by atoms with van der Waals surface area (Å²) in [6, 6.07) is 20.1. The number of rotatable bonds is 11. The van der Waals surface area contributed by atoms with Gasteiger partial charge in [0.2, 0.25) is 5.91 Å². The molecule has 0 radical (unpaired) electrons. The second kappa shape index (κ2) is 14.4. The summed E-state index contributed by atoms with van der Waals surface area (Å²) in [5, 5.41) is 4.15. The van der Waals surface area contributed by atoms with Crippen LogP contribution in [0.5, 0.6) is 5.75 Å². The molecule has 0 bridgehead atoms. The van der Waals surface area contributed by atoms with E-state index in [0.29, 0.717) is 33.7 Å². The van der Waals surface area contributed by atoms with Crippen molar-refractivity contribution >= 4 is 50.9 Å². The molecule has 0 unspecified atom stereocenters. The second-order valence-corrected chi connectivity index (χ2v) is 12.3. The van der Waals surface area contributed by atoms with Crippen molar-refractivity contribution in [3.05, 3.63) is 97.9 Å². The molecule has 1 aliphatic carbocycles. The van der Waals surface area contributed by atoms with Crippen molar-refractivity contribution in [1.29, 1.82) is 0 Å². The number of halogens is 3. The molecule has 0 aromatic heterocycles. The van der Waals surface area contributed by atoms with Gasteiger partial charge < -0.3 is 15.0 Å². The summed E-state index contributed by atoms with van der Waals surface area (Å²) in [7, 11) is 0. The highest BCUT2D eigenvalue weighted by Gasteiger charge is 2.33. The topological polar surface area (TPSA) is 58.6 Å². The van der Waals surface area contributed by atoms with Gasteiger partial charge in [-0.2, -0.15) is 0 Å². The molecule has 1 atom stereocenters. The van der Waals surface area contributed by atoms with Gasteiger partial charge in [0.1, 0.15) is 11.8 Å². The van der Waals surface area contributed by atoms with Gasteiger partial charge >= 0.3 is 0 Å². The molecule has 8 heteroatoms. The Morgan fingerprint density at radius 1 is 1.02 bits per heavy atom. The summed E-state index contributed by atoms with van der Waals surface area (Å²) >= 11 is 16.2. The minimum absolute atomic E-state index is 0.119. The molecule has 3 aromatic rings. The molecule has 1 fully saturated rings. The van der Waals surface area contributed by atoms with E-state index in [-0.39, 0.29) is 31.0 Å². The molecule has 0 saturated heterocycles. The number of benzene rings is 3. The molecule has 5 nitrogen and oxygen atoms in total. The highest BCUT2D eigenvalue weighted by Crippen LogP contribution is 2.30. The predicted molar refractivity (Wildman–Crippen MR) is 165 cm³/mol.